The molecule has 1 amide bonds. The van der Waals surface area contributed by atoms with Gasteiger partial charge in [0.1, 0.15) is 5.75 Å². The van der Waals surface area contributed by atoms with Gasteiger partial charge in [0, 0.05) is 11.0 Å². The monoisotopic (exact) mass is 421 g/mol. The van der Waals surface area contributed by atoms with Crippen molar-refractivity contribution < 1.29 is 19.0 Å². The third kappa shape index (κ3) is 5.95. The molecule has 1 N–H and O–H groups in total. The van der Waals surface area contributed by atoms with Gasteiger partial charge >= 0.3 is 0 Å². The van der Waals surface area contributed by atoms with Gasteiger partial charge in [-0.05, 0) is 48.7 Å². The fourth-order valence-electron chi connectivity index (χ4n) is 2.46. The van der Waals surface area contributed by atoms with E-state index in [0.29, 0.717) is 24.7 Å². The van der Waals surface area contributed by atoms with Gasteiger partial charge in [-0.1, -0.05) is 28.1 Å². The summed E-state index contributed by atoms with van der Waals surface area (Å²) in [5.41, 5.74) is 2.01. The smallest absolute Gasteiger partial charge is 0.224 e. The number of methoxy groups -OCH3 is 2. The summed E-state index contributed by atoms with van der Waals surface area (Å²) in [6.07, 6.45) is 1.01. The van der Waals surface area contributed by atoms with Crippen molar-refractivity contribution in [2.75, 3.05) is 27.4 Å². The predicted molar refractivity (Wildman–Crippen MR) is 105 cm³/mol. The van der Waals surface area contributed by atoms with Crippen LogP contribution in [0.4, 0.5) is 0 Å². The van der Waals surface area contributed by atoms with Crippen molar-refractivity contribution in [1.29, 1.82) is 0 Å². The van der Waals surface area contributed by atoms with E-state index in [1.165, 1.54) is 0 Å². The van der Waals surface area contributed by atoms with Gasteiger partial charge in [-0.15, -0.1) is 0 Å². The summed E-state index contributed by atoms with van der Waals surface area (Å²) in [4.78, 5) is 12.2. The van der Waals surface area contributed by atoms with E-state index in [2.05, 4.69) is 21.2 Å². The molecule has 0 heterocycles. The lowest BCUT2D eigenvalue weighted by molar-refractivity contribution is -0.120. The quantitative estimate of drug-likeness (QED) is 0.623. The predicted octanol–water partition coefficient (Wildman–Crippen LogP) is 3.90. The molecular formula is C20H24BrNO4. The summed E-state index contributed by atoms with van der Waals surface area (Å²) in [6.45, 7) is 3.15. The fourth-order valence-corrected chi connectivity index (χ4v) is 2.92. The number of carbonyl (C=O) groups excluding carboxylic acids is 1. The van der Waals surface area contributed by atoms with Gasteiger partial charge in [0.15, 0.2) is 11.5 Å². The zero-order valence-electron chi connectivity index (χ0n) is 15.3. The first-order valence-electron chi connectivity index (χ1n) is 8.40. The number of nitrogens with one attached hydrogen (secondary N) is 1. The van der Waals surface area contributed by atoms with Crippen molar-refractivity contribution in [1.82, 2.24) is 5.32 Å². The summed E-state index contributed by atoms with van der Waals surface area (Å²) in [5.74, 6) is 2.03. The van der Waals surface area contributed by atoms with Crippen molar-refractivity contribution >= 4 is 21.8 Å². The number of aryl methyl sites for hydroxylation is 1. The Kier molecular flexibility index (Phi) is 7.78. The summed E-state index contributed by atoms with van der Waals surface area (Å²) in [7, 11) is 3.15. The molecule has 0 aromatic heterocycles. The van der Waals surface area contributed by atoms with Crippen LogP contribution in [0.15, 0.2) is 40.9 Å². The first-order valence-corrected chi connectivity index (χ1v) is 9.19. The van der Waals surface area contributed by atoms with Gasteiger partial charge in [-0.3, -0.25) is 4.79 Å². The Morgan fingerprint density at radius 1 is 1.12 bits per heavy atom. The molecule has 2 aromatic rings. The maximum atomic E-state index is 12.2. The van der Waals surface area contributed by atoms with Gasteiger partial charge in [0.05, 0.1) is 27.2 Å². The summed E-state index contributed by atoms with van der Waals surface area (Å²) in [6, 6.07) is 11.5. The normalized spacial score (nSPS) is 10.3. The zero-order chi connectivity index (χ0) is 18.9. The van der Waals surface area contributed by atoms with Crippen LogP contribution in [0.1, 0.15) is 17.5 Å². The number of halogens is 1. The van der Waals surface area contributed by atoms with Crippen molar-refractivity contribution in [2.24, 2.45) is 0 Å². The van der Waals surface area contributed by atoms with E-state index in [1.54, 1.807) is 20.3 Å². The molecule has 0 bridgehead atoms. The molecule has 2 aromatic carbocycles. The third-order valence-corrected chi connectivity index (χ3v) is 4.54. The average molecular weight is 422 g/mol. The minimum Gasteiger partial charge on any atom is -0.494 e. The molecular weight excluding hydrogens is 398 g/mol. The molecule has 0 saturated heterocycles. The molecule has 0 spiro atoms. The average Bonchev–Trinajstić information content (AvgIpc) is 2.62. The lowest BCUT2D eigenvalue weighted by atomic mass is 10.1. The summed E-state index contributed by atoms with van der Waals surface area (Å²) in [5, 5.41) is 2.91. The van der Waals surface area contributed by atoms with Crippen LogP contribution < -0.4 is 19.5 Å². The SMILES string of the molecule is COc1cc(Br)c(CC(=O)NCCCOc2cccc(C)c2)cc1OC. The Labute approximate surface area is 162 Å². The summed E-state index contributed by atoms with van der Waals surface area (Å²) >= 11 is 3.47. The first kappa shape index (κ1) is 20.1. The van der Waals surface area contributed by atoms with Crippen molar-refractivity contribution in [3.8, 4) is 17.2 Å². The molecule has 0 aliphatic heterocycles. The molecule has 0 radical (unpaired) electrons. The van der Waals surface area contributed by atoms with Crippen LogP contribution in [0, 0.1) is 6.92 Å². The highest BCUT2D eigenvalue weighted by Crippen LogP contribution is 2.33. The molecule has 0 unspecified atom stereocenters. The second-order valence-corrected chi connectivity index (χ2v) is 6.70. The molecule has 5 nitrogen and oxygen atoms in total. The van der Waals surface area contributed by atoms with Crippen molar-refractivity contribution in [2.45, 2.75) is 19.8 Å². The third-order valence-electron chi connectivity index (χ3n) is 3.81. The van der Waals surface area contributed by atoms with E-state index in [0.717, 1.165) is 27.8 Å². The van der Waals surface area contributed by atoms with Gasteiger partial charge in [0.2, 0.25) is 5.91 Å². The number of carbonyl (C=O) groups is 1. The Bertz CT molecular complexity index is 749. The highest BCUT2D eigenvalue weighted by atomic mass is 79.9. The highest BCUT2D eigenvalue weighted by Gasteiger charge is 2.12. The number of hydrogen-bond acceptors (Lipinski definition) is 4. The Morgan fingerprint density at radius 3 is 2.54 bits per heavy atom. The second kappa shape index (κ2) is 10.1. The standard InChI is InChI=1S/C20H24BrNO4/c1-14-6-4-7-16(10-14)26-9-5-8-22-20(23)12-15-11-18(24-2)19(25-3)13-17(15)21/h4,6-7,10-11,13H,5,8-9,12H2,1-3H3,(H,22,23). The number of hydrogen-bond donors (Lipinski definition) is 1. The van der Waals surface area contributed by atoms with Gasteiger partial charge in [-0.2, -0.15) is 0 Å². The van der Waals surface area contributed by atoms with E-state index in [1.807, 2.05) is 37.3 Å². The Hall–Kier alpha value is -2.21. The lowest BCUT2D eigenvalue weighted by Crippen LogP contribution is -2.27. The number of rotatable bonds is 9. The van der Waals surface area contributed by atoms with E-state index < -0.39 is 0 Å². The molecule has 0 aliphatic rings. The van der Waals surface area contributed by atoms with E-state index in [-0.39, 0.29) is 12.3 Å². The Morgan fingerprint density at radius 2 is 1.85 bits per heavy atom. The molecule has 26 heavy (non-hydrogen) atoms. The zero-order valence-corrected chi connectivity index (χ0v) is 16.9. The van der Waals surface area contributed by atoms with Crippen LogP contribution in [0.2, 0.25) is 0 Å². The molecule has 0 atom stereocenters. The molecule has 140 valence electrons. The maximum Gasteiger partial charge on any atom is 0.224 e. The number of ether oxygens (including phenoxy) is 3. The minimum atomic E-state index is -0.0477. The lowest BCUT2D eigenvalue weighted by Gasteiger charge is -2.12. The Balaban J connectivity index is 1.76. The molecule has 0 fully saturated rings. The van der Waals surface area contributed by atoms with E-state index in [4.69, 9.17) is 14.2 Å². The fraction of sp³-hybridized carbons (Fsp3) is 0.350. The second-order valence-electron chi connectivity index (χ2n) is 5.84. The van der Waals surface area contributed by atoms with Gasteiger partial charge < -0.3 is 19.5 Å². The first-order chi connectivity index (χ1) is 12.5. The largest absolute Gasteiger partial charge is 0.494 e. The molecule has 6 heteroatoms. The summed E-state index contributed by atoms with van der Waals surface area (Å²) < 4.78 is 17.0. The molecule has 0 aliphatic carbocycles. The number of benzene rings is 2. The van der Waals surface area contributed by atoms with Crippen LogP contribution in [0.25, 0.3) is 0 Å². The van der Waals surface area contributed by atoms with E-state index in [9.17, 15) is 4.79 Å². The van der Waals surface area contributed by atoms with Crippen LogP contribution in [-0.2, 0) is 11.2 Å². The molecule has 0 saturated carbocycles. The van der Waals surface area contributed by atoms with Crippen LogP contribution in [-0.4, -0.2) is 33.3 Å². The van der Waals surface area contributed by atoms with Gasteiger partial charge in [0.25, 0.3) is 0 Å². The number of amides is 1. The van der Waals surface area contributed by atoms with E-state index >= 15 is 0 Å². The van der Waals surface area contributed by atoms with Crippen molar-refractivity contribution in [3.63, 3.8) is 0 Å². The molecule has 2 rings (SSSR count). The van der Waals surface area contributed by atoms with Gasteiger partial charge in [-0.25, -0.2) is 0 Å². The van der Waals surface area contributed by atoms with Crippen molar-refractivity contribution in [3.05, 3.63) is 52.0 Å². The van der Waals surface area contributed by atoms with Crippen LogP contribution >= 0.6 is 15.9 Å². The van der Waals surface area contributed by atoms with Crippen LogP contribution in [0.3, 0.4) is 0 Å². The van der Waals surface area contributed by atoms with Crippen LogP contribution in [0.5, 0.6) is 17.2 Å². The maximum absolute atomic E-state index is 12.2. The minimum absolute atomic E-state index is 0.0477. The highest BCUT2D eigenvalue weighted by molar-refractivity contribution is 9.10. The topological polar surface area (TPSA) is 56.8 Å².